The van der Waals surface area contributed by atoms with E-state index in [0.717, 1.165) is 6.07 Å². The quantitative estimate of drug-likeness (QED) is 0.677. The Bertz CT molecular complexity index is 648. The van der Waals surface area contributed by atoms with E-state index in [1.807, 2.05) is 0 Å². The summed E-state index contributed by atoms with van der Waals surface area (Å²) in [6, 6.07) is 1.19. The fourth-order valence-corrected chi connectivity index (χ4v) is 3.96. The molecule has 0 aliphatic carbocycles. The van der Waals surface area contributed by atoms with Crippen LogP contribution in [0.2, 0.25) is 0 Å². The summed E-state index contributed by atoms with van der Waals surface area (Å²) < 4.78 is 49.7. The van der Waals surface area contributed by atoms with E-state index in [-0.39, 0.29) is 18.0 Å². The Morgan fingerprint density at radius 2 is 2.10 bits per heavy atom. The minimum absolute atomic E-state index is 0.0684. The maximum absolute atomic E-state index is 13.4. The first-order valence-electron chi connectivity index (χ1n) is 5.90. The van der Waals surface area contributed by atoms with E-state index in [9.17, 15) is 27.3 Å². The number of hydrogen-bond donors (Lipinski definition) is 1. The van der Waals surface area contributed by atoms with Gasteiger partial charge in [-0.25, -0.2) is 12.8 Å². The number of nitro benzene ring substituents is 1. The van der Waals surface area contributed by atoms with Crippen LogP contribution in [0.15, 0.2) is 12.1 Å². The third-order valence-corrected chi connectivity index (χ3v) is 5.47. The van der Waals surface area contributed by atoms with Crippen molar-refractivity contribution in [3.8, 4) is 0 Å². The Kier molecular flexibility index (Phi) is 3.89. The van der Waals surface area contributed by atoms with Crippen LogP contribution in [0.1, 0.15) is 12.8 Å². The number of anilines is 1. The van der Waals surface area contributed by atoms with E-state index >= 15 is 0 Å². The molecule has 1 aromatic rings. The number of nitrogens with one attached hydrogen (secondary N) is 1. The third kappa shape index (κ3) is 2.87. The van der Waals surface area contributed by atoms with Crippen molar-refractivity contribution >= 4 is 21.2 Å². The van der Waals surface area contributed by atoms with E-state index in [2.05, 4.69) is 5.32 Å². The summed E-state index contributed by atoms with van der Waals surface area (Å²) in [7, 11) is -3.23. The molecule has 0 aromatic heterocycles. The molecule has 1 fully saturated rings. The van der Waals surface area contributed by atoms with E-state index in [0.29, 0.717) is 18.9 Å². The van der Waals surface area contributed by atoms with Crippen LogP contribution in [-0.4, -0.2) is 30.9 Å². The number of halogens is 2. The average Bonchev–Trinajstić information content (AvgIpc) is 2.64. The lowest BCUT2D eigenvalue weighted by Gasteiger charge is -2.12. The second-order valence-electron chi connectivity index (χ2n) is 4.55. The lowest BCUT2D eigenvalue weighted by molar-refractivity contribution is -0.386. The van der Waals surface area contributed by atoms with Gasteiger partial charge in [0.2, 0.25) is 5.82 Å². The SMILES string of the molecule is O=[N+]([O-])c1c(F)cc(F)cc1NCC1CCCS1(=O)=O. The molecule has 1 heterocycles. The Morgan fingerprint density at radius 3 is 2.65 bits per heavy atom. The minimum atomic E-state index is -3.23. The highest BCUT2D eigenvalue weighted by molar-refractivity contribution is 7.92. The van der Waals surface area contributed by atoms with Crippen molar-refractivity contribution in [2.24, 2.45) is 0 Å². The van der Waals surface area contributed by atoms with Crippen molar-refractivity contribution in [1.29, 1.82) is 0 Å². The second-order valence-corrected chi connectivity index (χ2v) is 6.95. The zero-order chi connectivity index (χ0) is 14.9. The molecule has 1 atom stereocenters. The zero-order valence-electron chi connectivity index (χ0n) is 10.3. The molecule has 1 unspecified atom stereocenters. The molecule has 6 nitrogen and oxygen atoms in total. The van der Waals surface area contributed by atoms with Crippen LogP contribution < -0.4 is 5.32 Å². The summed E-state index contributed by atoms with van der Waals surface area (Å²) in [6.45, 7) is -0.105. The van der Waals surface area contributed by atoms with Gasteiger partial charge in [-0.2, -0.15) is 4.39 Å². The first-order chi connectivity index (χ1) is 9.31. The summed E-state index contributed by atoms with van der Waals surface area (Å²) in [5.41, 5.74) is -1.24. The first-order valence-corrected chi connectivity index (χ1v) is 7.61. The van der Waals surface area contributed by atoms with Gasteiger partial charge in [0.1, 0.15) is 11.5 Å². The summed E-state index contributed by atoms with van der Waals surface area (Å²) in [5, 5.41) is 12.5. The van der Waals surface area contributed by atoms with Crippen LogP contribution in [0.4, 0.5) is 20.2 Å². The maximum Gasteiger partial charge on any atom is 0.327 e. The Morgan fingerprint density at radius 1 is 1.40 bits per heavy atom. The highest BCUT2D eigenvalue weighted by Gasteiger charge is 2.32. The summed E-state index contributed by atoms with van der Waals surface area (Å²) in [5.74, 6) is -2.20. The Labute approximate surface area is 113 Å². The van der Waals surface area contributed by atoms with Gasteiger partial charge < -0.3 is 5.32 Å². The van der Waals surface area contributed by atoms with E-state index < -0.39 is 37.3 Å². The minimum Gasteiger partial charge on any atom is -0.378 e. The van der Waals surface area contributed by atoms with Crippen LogP contribution in [0.5, 0.6) is 0 Å². The van der Waals surface area contributed by atoms with Gasteiger partial charge in [-0.1, -0.05) is 0 Å². The molecule has 0 saturated carbocycles. The highest BCUT2D eigenvalue weighted by atomic mass is 32.2. The van der Waals surface area contributed by atoms with Crippen LogP contribution in [0, 0.1) is 21.7 Å². The number of nitro groups is 1. The first kappa shape index (κ1) is 14.6. The molecule has 1 N–H and O–H groups in total. The average molecular weight is 306 g/mol. The molecule has 0 bridgehead atoms. The van der Waals surface area contributed by atoms with Crippen LogP contribution >= 0.6 is 0 Å². The number of nitrogens with zero attached hydrogens (tertiary/aromatic N) is 1. The van der Waals surface area contributed by atoms with Crippen molar-refractivity contribution in [2.75, 3.05) is 17.6 Å². The molecule has 9 heteroatoms. The fourth-order valence-electron chi connectivity index (χ4n) is 2.20. The van der Waals surface area contributed by atoms with Gasteiger partial charge in [-0.05, 0) is 12.8 Å². The van der Waals surface area contributed by atoms with E-state index in [4.69, 9.17) is 0 Å². The molecule has 0 radical (unpaired) electrons. The Hall–Kier alpha value is -1.77. The van der Waals surface area contributed by atoms with Gasteiger partial charge in [-0.3, -0.25) is 10.1 Å². The van der Waals surface area contributed by atoms with Gasteiger partial charge >= 0.3 is 5.69 Å². The monoisotopic (exact) mass is 306 g/mol. The summed E-state index contributed by atoms with van der Waals surface area (Å²) in [4.78, 5) is 9.79. The Balaban J connectivity index is 2.23. The van der Waals surface area contributed by atoms with Crippen molar-refractivity contribution < 1.29 is 22.1 Å². The predicted molar refractivity (Wildman–Crippen MR) is 68.3 cm³/mol. The van der Waals surface area contributed by atoms with Gasteiger partial charge in [0.25, 0.3) is 0 Å². The molecule has 1 saturated heterocycles. The zero-order valence-corrected chi connectivity index (χ0v) is 11.1. The predicted octanol–water partition coefficient (Wildman–Crippen LogP) is 1.86. The van der Waals surface area contributed by atoms with Gasteiger partial charge in [0.05, 0.1) is 15.9 Å². The molecule has 0 spiro atoms. The van der Waals surface area contributed by atoms with Gasteiger partial charge in [-0.15, -0.1) is 0 Å². The lowest BCUT2D eigenvalue weighted by Crippen LogP contribution is -2.25. The van der Waals surface area contributed by atoms with E-state index in [1.54, 1.807) is 0 Å². The van der Waals surface area contributed by atoms with Gasteiger partial charge in [0, 0.05) is 18.7 Å². The molecule has 20 heavy (non-hydrogen) atoms. The molecule has 0 amide bonds. The molecular formula is C11H12F2N2O4S. The molecule has 1 aliphatic heterocycles. The topological polar surface area (TPSA) is 89.3 Å². The third-order valence-electron chi connectivity index (χ3n) is 3.19. The molecule has 1 aliphatic rings. The van der Waals surface area contributed by atoms with Crippen molar-refractivity contribution in [1.82, 2.24) is 0 Å². The standard InChI is InChI=1S/C11H12F2N2O4S/c12-7-4-9(13)11(15(16)17)10(5-7)14-6-8-2-1-3-20(8,18)19/h4-5,8,14H,1-3,6H2. The number of hydrogen-bond acceptors (Lipinski definition) is 5. The molecule has 110 valence electrons. The molecular weight excluding hydrogens is 294 g/mol. The number of rotatable bonds is 4. The smallest absolute Gasteiger partial charge is 0.327 e. The van der Waals surface area contributed by atoms with Crippen LogP contribution in [0.25, 0.3) is 0 Å². The number of sulfone groups is 1. The van der Waals surface area contributed by atoms with Crippen molar-refractivity contribution in [2.45, 2.75) is 18.1 Å². The fraction of sp³-hybridized carbons (Fsp3) is 0.455. The molecule has 1 aromatic carbocycles. The summed E-state index contributed by atoms with van der Waals surface area (Å²) >= 11 is 0. The lowest BCUT2D eigenvalue weighted by atomic mass is 10.2. The van der Waals surface area contributed by atoms with Gasteiger partial charge in [0.15, 0.2) is 9.84 Å². The number of benzene rings is 1. The van der Waals surface area contributed by atoms with Crippen molar-refractivity contribution in [3.05, 3.63) is 33.9 Å². The van der Waals surface area contributed by atoms with Crippen molar-refractivity contribution in [3.63, 3.8) is 0 Å². The van der Waals surface area contributed by atoms with Crippen LogP contribution in [-0.2, 0) is 9.84 Å². The normalized spacial score (nSPS) is 20.8. The van der Waals surface area contributed by atoms with Crippen LogP contribution in [0.3, 0.4) is 0 Å². The maximum atomic E-state index is 13.4. The largest absolute Gasteiger partial charge is 0.378 e. The molecule has 2 rings (SSSR count). The van der Waals surface area contributed by atoms with E-state index in [1.165, 1.54) is 0 Å². The second kappa shape index (κ2) is 5.31. The highest BCUT2D eigenvalue weighted by Crippen LogP contribution is 2.29. The summed E-state index contributed by atoms with van der Waals surface area (Å²) in [6.07, 6.45) is 0.954.